The molecule has 1 nitrogen and oxygen atoms in total. The number of nitrogens with one attached hydrogen (secondary N) is 1. The molecule has 1 unspecified atom stereocenters. The summed E-state index contributed by atoms with van der Waals surface area (Å²) in [4.78, 5) is 0. The first kappa shape index (κ1) is 13.8. The lowest BCUT2D eigenvalue weighted by Gasteiger charge is -2.19. The Balaban J connectivity index is 3.11. The number of halogens is 2. The first-order valence-corrected chi connectivity index (χ1v) is 5.79. The van der Waals surface area contributed by atoms with E-state index in [1.165, 1.54) is 12.1 Å². The fourth-order valence-corrected chi connectivity index (χ4v) is 1.78. The van der Waals surface area contributed by atoms with Crippen molar-refractivity contribution in [2.75, 3.05) is 7.05 Å². The van der Waals surface area contributed by atoms with Gasteiger partial charge in [-0.25, -0.2) is 8.78 Å². The van der Waals surface area contributed by atoms with E-state index in [-0.39, 0.29) is 11.6 Å². The molecule has 0 aromatic heterocycles. The molecule has 0 radical (unpaired) electrons. The quantitative estimate of drug-likeness (QED) is 0.769. The maximum atomic E-state index is 13.9. The molecule has 0 aliphatic heterocycles. The maximum absolute atomic E-state index is 13.9. The van der Waals surface area contributed by atoms with Gasteiger partial charge in [-0.1, -0.05) is 25.1 Å². The van der Waals surface area contributed by atoms with E-state index in [1.807, 2.05) is 6.92 Å². The first-order chi connectivity index (χ1) is 8.01. The van der Waals surface area contributed by atoms with Crippen molar-refractivity contribution < 1.29 is 8.78 Å². The molecule has 0 amide bonds. The zero-order valence-corrected chi connectivity index (χ0v) is 10.6. The topological polar surface area (TPSA) is 12.0 Å². The van der Waals surface area contributed by atoms with Crippen molar-refractivity contribution in [3.63, 3.8) is 0 Å². The summed E-state index contributed by atoms with van der Waals surface area (Å²) >= 11 is 0. The monoisotopic (exact) mass is 239 g/mol. The smallest absolute Gasteiger partial charge is 0.133 e. The molecule has 0 bridgehead atoms. The Morgan fingerprint density at radius 2 is 2.06 bits per heavy atom. The van der Waals surface area contributed by atoms with Gasteiger partial charge >= 0.3 is 0 Å². The largest absolute Gasteiger partial charge is 0.313 e. The Morgan fingerprint density at radius 1 is 1.41 bits per heavy atom. The van der Waals surface area contributed by atoms with Crippen molar-refractivity contribution in [1.29, 1.82) is 0 Å². The van der Waals surface area contributed by atoms with E-state index in [0.29, 0.717) is 12.0 Å². The van der Waals surface area contributed by atoms with Gasteiger partial charge < -0.3 is 5.32 Å². The third-order valence-corrected chi connectivity index (χ3v) is 3.01. The second kappa shape index (κ2) is 5.92. The molecule has 0 fully saturated rings. The third kappa shape index (κ3) is 3.13. The van der Waals surface area contributed by atoms with Gasteiger partial charge in [0.2, 0.25) is 0 Å². The molecular formula is C14H19F2N. The lowest BCUT2D eigenvalue weighted by atomic mass is 9.96. The first-order valence-electron chi connectivity index (χ1n) is 5.79. The van der Waals surface area contributed by atoms with Crippen LogP contribution in [0.25, 0.3) is 0 Å². The molecule has 0 heterocycles. The summed E-state index contributed by atoms with van der Waals surface area (Å²) in [6, 6.07) is 2.41. The Kier molecular flexibility index (Phi) is 4.82. The Bertz CT molecular complexity index is 413. The van der Waals surface area contributed by atoms with Crippen LogP contribution < -0.4 is 5.32 Å². The van der Waals surface area contributed by atoms with Crippen LogP contribution in [0, 0.1) is 18.6 Å². The molecule has 3 heteroatoms. The molecule has 0 aliphatic carbocycles. The summed E-state index contributed by atoms with van der Waals surface area (Å²) < 4.78 is 27.7. The molecule has 1 atom stereocenters. The van der Waals surface area contributed by atoms with E-state index in [2.05, 4.69) is 11.9 Å². The second-order valence-electron chi connectivity index (χ2n) is 4.24. The Labute approximate surface area is 102 Å². The molecular weight excluding hydrogens is 220 g/mol. The summed E-state index contributed by atoms with van der Waals surface area (Å²) in [5.74, 6) is -0.968. The normalized spacial score (nSPS) is 12.5. The number of aryl methyl sites for hydroxylation is 1. The van der Waals surface area contributed by atoms with Crippen LogP contribution in [-0.2, 0) is 0 Å². The van der Waals surface area contributed by atoms with Gasteiger partial charge in [0.25, 0.3) is 0 Å². The fourth-order valence-electron chi connectivity index (χ4n) is 1.78. The minimum absolute atomic E-state index is 0.113. The molecule has 0 spiro atoms. The number of rotatable bonds is 5. The van der Waals surface area contributed by atoms with Crippen LogP contribution in [0.4, 0.5) is 8.78 Å². The van der Waals surface area contributed by atoms with Crippen molar-refractivity contribution in [2.45, 2.75) is 32.7 Å². The summed E-state index contributed by atoms with van der Waals surface area (Å²) in [7, 11) is 1.70. The predicted octanol–water partition coefficient (Wildman–Crippen LogP) is 3.89. The van der Waals surface area contributed by atoms with Gasteiger partial charge in [0, 0.05) is 11.6 Å². The van der Waals surface area contributed by atoms with Crippen LogP contribution in [0.1, 0.15) is 36.9 Å². The minimum Gasteiger partial charge on any atom is -0.313 e. The van der Waals surface area contributed by atoms with Crippen LogP contribution in [0.15, 0.2) is 24.3 Å². The van der Waals surface area contributed by atoms with Crippen LogP contribution >= 0.6 is 0 Å². The predicted molar refractivity (Wildman–Crippen MR) is 66.9 cm³/mol. The van der Waals surface area contributed by atoms with Crippen LogP contribution in [0.2, 0.25) is 0 Å². The van der Waals surface area contributed by atoms with Crippen LogP contribution in [0.3, 0.4) is 0 Å². The zero-order valence-electron chi connectivity index (χ0n) is 10.6. The third-order valence-electron chi connectivity index (χ3n) is 3.01. The highest BCUT2D eigenvalue weighted by Crippen LogP contribution is 2.27. The average molecular weight is 239 g/mol. The van der Waals surface area contributed by atoms with E-state index >= 15 is 0 Å². The highest BCUT2D eigenvalue weighted by atomic mass is 19.1. The minimum atomic E-state index is -0.503. The molecule has 0 aliphatic rings. The van der Waals surface area contributed by atoms with Gasteiger partial charge in [0.15, 0.2) is 0 Å². The maximum Gasteiger partial charge on any atom is 0.133 e. The standard InChI is InChI=1S/C14H19F2N/c1-5-9(2)8-12(17-4)13-11(15)7-6-10(3)14(13)16/h6-7,12,17H,2,5,8H2,1,3-4H3. The summed E-state index contributed by atoms with van der Waals surface area (Å²) in [6.07, 6.45) is 1.36. The molecule has 0 saturated carbocycles. The zero-order chi connectivity index (χ0) is 13.0. The van der Waals surface area contributed by atoms with Crippen LogP contribution in [0.5, 0.6) is 0 Å². The SMILES string of the molecule is C=C(CC)CC(NC)c1c(F)ccc(C)c1F. The molecule has 1 rings (SSSR count). The highest BCUT2D eigenvalue weighted by Gasteiger charge is 2.20. The van der Waals surface area contributed by atoms with Crippen LogP contribution in [-0.4, -0.2) is 7.05 Å². The van der Waals surface area contributed by atoms with Gasteiger partial charge in [-0.3, -0.25) is 0 Å². The second-order valence-corrected chi connectivity index (χ2v) is 4.24. The van der Waals surface area contributed by atoms with Gasteiger partial charge in [-0.2, -0.15) is 0 Å². The van der Waals surface area contributed by atoms with Crippen molar-refractivity contribution >= 4 is 0 Å². The van der Waals surface area contributed by atoms with Gasteiger partial charge in [0.1, 0.15) is 11.6 Å². The Morgan fingerprint density at radius 3 is 2.59 bits per heavy atom. The lowest BCUT2D eigenvalue weighted by Crippen LogP contribution is -2.20. The molecule has 1 aromatic carbocycles. The number of hydrogen-bond acceptors (Lipinski definition) is 1. The van der Waals surface area contributed by atoms with Crippen molar-refractivity contribution in [2.24, 2.45) is 0 Å². The van der Waals surface area contributed by atoms with E-state index < -0.39 is 11.6 Å². The fraction of sp³-hybridized carbons (Fsp3) is 0.429. The van der Waals surface area contributed by atoms with E-state index in [0.717, 1.165) is 12.0 Å². The molecule has 0 saturated heterocycles. The van der Waals surface area contributed by atoms with E-state index in [9.17, 15) is 8.78 Å². The number of hydrogen-bond donors (Lipinski definition) is 1. The molecule has 1 N–H and O–H groups in total. The molecule has 94 valence electrons. The molecule has 1 aromatic rings. The summed E-state index contributed by atoms with van der Waals surface area (Å²) in [5, 5.41) is 2.95. The van der Waals surface area contributed by atoms with Gasteiger partial charge in [0.05, 0.1) is 0 Å². The van der Waals surface area contributed by atoms with Gasteiger partial charge in [-0.15, -0.1) is 0 Å². The van der Waals surface area contributed by atoms with Gasteiger partial charge in [-0.05, 0) is 38.4 Å². The number of benzene rings is 1. The average Bonchev–Trinajstić information content (AvgIpc) is 2.32. The highest BCUT2D eigenvalue weighted by molar-refractivity contribution is 5.30. The Hall–Kier alpha value is -1.22. The van der Waals surface area contributed by atoms with Crippen molar-refractivity contribution in [1.82, 2.24) is 5.32 Å². The van der Waals surface area contributed by atoms with Crippen molar-refractivity contribution in [3.05, 3.63) is 47.0 Å². The summed E-state index contributed by atoms with van der Waals surface area (Å²) in [6.45, 7) is 7.51. The van der Waals surface area contributed by atoms with E-state index in [1.54, 1.807) is 14.0 Å². The lowest BCUT2D eigenvalue weighted by molar-refractivity contribution is 0.483. The van der Waals surface area contributed by atoms with Crippen molar-refractivity contribution in [3.8, 4) is 0 Å². The molecule has 17 heavy (non-hydrogen) atoms. The summed E-state index contributed by atoms with van der Waals surface area (Å²) in [5.41, 5.74) is 1.55. The van der Waals surface area contributed by atoms with E-state index in [4.69, 9.17) is 0 Å².